The van der Waals surface area contributed by atoms with Gasteiger partial charge in [0.1, 0.15) is 0 Å². The third kappa shape index (κ3) is 3.60. The summed E-state index contributed by atoms with van der Waals surface area (Å²) < 4.78 is 4.99. The van der Waals surface area contributed by atoms with Gasteiger partial charge in [0.2, 0.25) is 0 Å². The van der Waals surface area contributed by atoms with Crippen molar-refractivity contribution in [3.05, 3.63) is 0 Å². The van der Waals surface area contributed by atoms with E-state index < -0.39 is 11.9 Å². The zero-order valence-electron chi connectivity index (χ0n) is 11.3. The first kappa shape index (κ1) is 14.8. The summed E-state index contributed by atoms with van der Waals surface area (Å²) in [6, 6.07) is -0.0117. The Morgan fingerprint density at radius 1 is 1.50 bits per heavy atom. The second-order valence-electron chi connectivity index (χ2n) is 4.83. The molecule has 1 N–H and O–H groups in total. The van der Waals surface area contributed by atoms with Crippen molar-refractivity contribution >= 4 is 12.0 Å². The normalized spacial score (nSPS) is 19.3. The van der Waals surface area contributed by atoms with Crippen LogP contribution in [0, 0.1) is 5.92 Å². The number of carbonyl (C=O) groups excluding carboxylic acids is 1. The van der Waals surface area contributed by atoms with Gasteiger partial charge in [0, 0.05) is 32.8 Å². The zero-order valence-corrected chi connectivity index (χ0v) is 11.3. The van der Waals surface area contributed by atoms with Gasteiger partial charge in [-0.2, -0.15) is 0 Å². The molecule has 0 spiro atoms. The summed E-state index contributed by atoms with van der Waals surface area (Å²) >= 11 is 0. The molecule has 0 saturated carbocycles. The minimum Gasteiger partial charge on any atom is -0.481 e. The standard InChI is InChI=1S/C12H22N2O4/c1-9(2)14(6-7-18-3)12(17)13-5-4-10(8-13)11(15)16/h9-10H,4-8H2,1-3H3,(H,15,16). The number of carboxylic acids is 1. The van der Waals surface area contributed by atoms with E-state index in [2.05, 4.69) is 0 Å². The van der Waals surface area contributed by atoms with Crippen molar-refractivity contribution < 1.29 is 19.4 Å². The largest absolute Gasteiger partial charge is 0.481 e. The molecule has 1 aliphatic heterocycles. The first-order chi connectivity index (χ1) is 8.47. The number of rotatable bonds is 5. The summed E-state index contributed by atoms with van der Waals surface area (Å²) in [5.74, 6) is -1.25. The number of nitrogens with zero attached hydrogens (tertiary/aromatic N) is 2. The molecule has 1 rings (SSSR count). The second-order valence-corrected chi connectivity index (χ2v) is 4.83. The van der Waals surface area contributed by atoms with E-state index in [0.29, 0.717) is 32.7 Å². The summed E-state index contributed by atoms with van der Waals surface area (Å²) in [6.45, 7) is 5.73. The van der Waals surface area contributed by atoms with Crippen LogP contribution in [0.1, 0.15) is 20.3 Å². The molecule has 1 heterocycles. The fourth-order valence-electron chi connectivity index (χ4n) is 2.08. The van der Waals surface area contributed by atoms with Crippen molar-refractivity contribution in [3.63, 3.8) is 0 Å². The SMILES string of the molecule is COCCN(C(=O)N1CCC(C(=O)O)C1)C(C)C. The van der Waals surface area contributed by atoms with Crippen LogP contribution in [0.25, 0.3) is 0 Å². The lowest BCUT2D eigenvalue weighted by Crippen LogP contribution is -2.47. The summed E-state index contributed by atoms with van der Waals surface area (Å²) in [4.78, 5) is 26.5. The van der Waals surface area contributed by atoms with E-state index in [0.717, 1.165) is 0 Å². The van der Waals surface area contributed by atoms with E-state index in [1.165, 1.54) is 0 Å². The number of urea groups is 1. The number of aliphatic carboxylic acids is 1. The van der Waals surface area contributed by atoms with Gasteiger partial charge < -0.3 is 19.6 Å². The van der Waals surface area contributed by atoms with Crippen LogP contribution in [0.5, 0.6) is 0 Å². The third-order valence-electron chi connectivity index (χ3n) is 3.21. The Morgan fingerprint density at radius 3 is 2.61 bits per heavy atom. The molecule has 0 bridgehead atoms. The fraction of sp³-hybridized carbons (Fsp3) is 0.833. The average molecular weight is 258 g/mol. The van der Waals surface area contributed by atoms with Crippen molar-refractivity contribution in [2.75, 3.05) is 33.4 Å². The molecule has 1 saturated heterocycles. The molecular formula is C12H22N2O4. The number of methoxy groups -OCH3 is 1. The van der Waals surface area contributed by atoms with Gasteiger partial charge in [-0.15, -0.1) is 0 Å². The van der Waals surface area contributed by atoms with Gasteiger partial charge >= 0.3 is 12.0 Å². The summed E-state index contributed by atoms with van der Waals surface area (Å²) in [6.07, 6.45) is 0.539. The predicted octanol–water partition coefficient (Wildman–Crippen LogP) is 0.870. The van der Waals surface area contributed by atoms with Gasteiger partial charge in [-0.1, -0.05) is 0 Å². The minimum absolute atomic E-state index is 0.0801. The van der Waals surface area contributed by atoms with Crippen molar-refractivity contribution in [1.82, 2.24) is 9.80 Å². The van der Waals surface area contributed by atoms with Crippen LogP contribution in [-0.2, 0) is 9.53 Å². The molecule has 0 aliphatic carbocycles. The van der Waals surface area contributed by atoms with Gasteiger partial charge in [-0.05, 0) is 20.3 Å². The highest BCUT2D eigenvalue weighted by atomic mass is 16.5. The lowest BCUT2D eigenvalue weighted by Gasteiger charge is -2.31. The van der Waals surface area contributed by atoms with E-state index in [1.54, 1.807) is 16.9 Å². The van der Waals surface area contributed by atoms with E-state index in [9.17, 15) is 9.59 Å². The summed E-state index contributed by atoms with van der Waals surface area (Å²) in [5.41, 5.74) is 0. The minimum atomic E-state index is -0.821. The molecule has 1 aliphatic rings. The molecule has 6 heteroatoms. The third-order valence-corrected chi connectivity index (χ3v) is 3.21. The predicted molar refractivity (Wildman–Crippen MR) is 66.4 cm³/mol. The molecule has 18 heavy (non-hydrogen) atoms. The number of carbonyl (C=O) groups is 2. The molecule has 0 aromatic heterocycles. The molecule has 1 unspecified atom stereocenters. The van der Waals surface area contributed by atoms with E-state index in [-0.39, 0.29) is 12.1 Å². The van der Waals surface area contributed by atoms with Crippen LogP contribution < -0.4 is 0 Å². The maximum absolute atomic E-state index is 12.3. The lowest BCUT2D eigenvalue weighted by atomic mass is 10.1. The van der Waals surface area contributed by atoms with Crippen LogP contribution in [0.2, 0.25) is 0 Å². The zero-order chi connectivity index (χ0) is 13.7. The van der Waals surface area contributed by atoms with Crippen LogP contribution in [0.4, 0.5) is 4.79 Å². The number of ether oxygens (including phenoxy) is 1. The molecule has 2 amide bonds. The van der Waals surface area contributed by atoms with E-state index in [4.69, 9.17) is 9.84 Å². The molecule has 0 aromatic rings. The monoisotopic (exact) mass is 258 g/mol. The summed E-state index contributed by atoms with van der Waals surface area (Å²) in [7, 11) is 1.60. The Bertz CT molecular complexity index is 306. The highest BCUT2D eigenvalue weighted by Gasteiger charge is 2.33. The van der Waals surface area contributed by atoms with Crippen LogP contribution >= 0.6 is 0 Å². The first-order valence-corrected chi connectivity index (χ1v) is 6.24. The van der Waals surface area contributed by atoms with Gasteiger partial charge in [0.15, 0.2) is 0 Å². The van der Waals surface area contributed by atoms with Gasteiger partial charge in [-0.3, -0.25) is 4.79 Å². The molecule has 6 nitrogen and oxygen atoms in total. The van der Waals surface area contributed by atoms with Crippen molar-refractivity contribution in [2.24, 2.45) is 5.92 Å². The maximum atomic E-state index is 12.3. The Kier molecular flexibility index (Phi) is 5.40. The Labute approximate surface area is 107 Å². The molecule has 104 valence electrons. The second kappa shape index (κ2) is 6.58. The molecule has 1 atom stereocenters. The number of amides is 2. The number of likely N-dealkylation sites (tertiary alicyclic amines) is 1. The van der Waals surface area contributed by atoms with Crippen LogP contribution in [-0.4, -0.2) is 66.3 Å². The van der Waals surface area contributed by atoms with E-state index in [1.807, 2.05) is 13.8 Å². The van der Waals surface area contributed by atoms with E-state index >= 15 is 0 Å². The van der Waals surface area contributed by atoms with Crippen molar-refractivity contribution in [1.29, 1.82) is 0 Å². The molecular weight excluding hydrogens is 236 g/mol. The van der Waals surface area contributed by atoms with Crippen LogP contribution in [0.3, 0.4) is 0 Å². The topological polar surface area (TPSA) is 70.1 Å². The smallest absolute Gasteiger partial charge is 0.320 e. The lowest BCUT2D eigenvalue weighted by molar-refractivity contribution is -0.141. The quantitative estimate of drug-likeness (QED) is 0.794. The van der Waals surface area contributed by atoms with Gasteiger partial charge in [0.25, 0.3) is 0 Å². The molecule has 1 fully saturated rings. The highest BCUT2D eigenvalue weighted by Crippen LogP contribution is 2.18. The summed E-state index contributed by atoms with van der Waals surface area (Å²) in [5, 5.41) is 8.93. The fourth-order valence-corrected chi connectivity index (χ4v) is 2.08. The van der Waals surface area contributed by atoms with Crippen LogP contribution in [0.15, 0.2) is 0 Å². The number of carboxylic acid groups (broad SMARTS) is 1. The van der Waals surface area contributed by atoms with Gasteiger partial charge in [-0.25, -0.2) is 4.79 Å². The Morgan fingerprint density at radius 2 is 2.17 bits per heavy atom. The average Bonchev–Trinajstić information content (AvgIpc) is 2.78. The first-order valence-electron chi connectivity index (χ1n) is 6.24. The highest BCUT2D eigenvalue weighted by molar-refractivity contribution is 5.77. The number of hydrogen-bond donors (Lipinski definition) is 1. The van der Waals surface area contributed by atoms with Gasteiger partial charge in [0.05, 0.1) is 12.5 Å². The van der Waals surface area contributed by atoms with Crippen molar-refractivity contribution in [2.45, 2.75) is 26.3 Å². The van der Waals surface area contributed by atoms with Crippen molar-refractivity contribution in [3.8, 4) is 0 Å². The Balaban J connectivity index is 2.58. The molecule has 0 radical (unpaired) electrons. The molecule has 0 aromatic carbocycles. The number of hydrogen-bond acceptors (Lipinski definition) is 3. The maximum Gasteiger partial charge on any atom is 0.320 e. The Hall–Kier alpha value is -1.30.